The summed E-state index contributed by atoms with van der Waals surface area (Å²) in [5, 5.41) is 12.6. The van der Waals surface area contributed by atoms with Gasteiger partial charge in [-0.2, -0.15) is 0 Å². The molecule has 2 aromatic rings. The number of rotatable bonds is 4. The average Bonchev–Trinajstić information content (AvgIpc) is 2.99. The van der Waals surface area contributed by atoms with Crippen LogP contribution in [-0.2, 0) is 12.4 Å². The van der Waals surface area contributed by atoms with Crippen molar-refractivity contribution in [3.63, 3.8) is 0 Å². The normalized spacial score (nSPS) is 17.2. The molecule has 0 aliphatic carbocycles. The second-order valence-corrected chi connectivity index (χ2v) is 6.61. The Morgan fingerprint density at radius 2 is 1.95 bits per heavy atom. The lowest BCUT2D eigenvalue weighted by molar-refractivity contribution is 0.0792. The molecule has 0 saturated carbocycles. The van der Waals surface area contributed by atoms with Gasteiger partial charge in [0.25, 0.3) is 0 Å². The Morgan fingerprint density at radius 3 is 2.57 bits per heavy atom. The molecule has 0 atom stereocenters. The molecule has 1 N–H and O–H groups in total. The molecule has 0 amide bonds. The number of benzene rings is 1. The van der Waals surface area contributed by atoms with Gasteiger partial charge in [-0.3, -0.25) is 4.90 Å². The fourth-order valence-electron chi connectivity index (χ4n) is 2.59. The molecule has 3 nitrogen and oxygen atoms in total. The van der Waals surface area contributed by atoms with E-state index in [4.69, 9.17) is 11.6 Å². The molecular weight excluding hydrogens is 304 g/mol. The van der Waals surface area contributed by atoms with E-state index >= 15 is 0 Å². The summed E-state index contributed by atoms with van der Waals surface area (Å²) in [5.41, 5.74) is 3.39. The zero-order chi connectivity index (χ0) is 14.7. The standard InChI is InChI=1S/C16H19ClN2OS/c17-9-14-11-21-16(18-14)13-3-1-12(2-4-13)10-19-7-5-15(20)6-8-19/h1-4,11,15,20H,5-10H2. The van der Waals surface area contributed by atoms with Crippen LogP contribution >= 0.6 is 22.9 Å². The van der Waals surface area contributed by atoms with Gasteiger partial charge in [0.05, 0.1) is 17.7 Å². The molecule has 1 saturated heterocycles. The average molecular weight is 323 g/mol. The van der Waals surface area contributed by atoms with E-state index in [1.807, 2.05) is 5.38 Å². The van der Waals surface area contributed by atoms with E-state index in [1.165, 1.54) is 5.56 Å². The molecule has 112 valence electrons. The van der Waals surface area contributed by atoms with Crippen LogP contribution in [0.4, 0.5) is 0 Å². The maximum Gasteiger partial charge on any atom is 0.123 e. The Morgan fingerprint density at radius 1 is 1.24 bits per heavy atom. The lowest BCUT2D eigenvalue weighted by Gasteiger charge is -2.29. The SMILES string of the molecule is OC1CCN(Cc2ccc(-c3nc(CCl)cs3)cc2)CC1. The van der Waals surface area contributed by atoms with Crippen molar-refractivity contribution in [3.05, 3.63) is 40.9 Å². The highest BCUT2D eigenvalue weighted by Gasteiger charge is 2.16. The number of likely N-dealkylation sites (tertiary alicyclic amines) is 1. The van der Waals surface area contributed by atoms with Gasteiger partial charge in [0.15, 0.2) is 0 Å². The number of hydrogen-bond acceptors (Lipinski definition) is 4. The van der Waals surface area contributed by atoms with Crippen LogP contribution in [0.5, 0.6) is 0 Å². The van der Waals surface area contributed by atoms with E-state index in [0.29, 0.717) is 5.88 Å². The van der Waals surface area contributed by atoms with Crippen LogP contribution in [0.1, 0.15) is 24.1 Å². The van der Waals surface area contributed by atoms with Crippen LogP contribution in [0.2, 0.25) is 0 Å². The number of aromatic nitrogens is 1. The zero-order valence-electron chi connectivity index (χ0n) is 11.8. The van der Waals surface area contributed by atoms with Crippen molar-refractivity contribution in [3.8, 4) is 10.6 Å². The Balaban J connectivity index is 1.64. The van der Waals surface area contributed by atoms with E-state index in [-0.39, 0.29) is 6.10 Å². The summed E-state index contributed by atoms with van der Waals surface area (Å²) >= 11 is 7.43. The molecule has 1 aliphatic rings. The number of piperidine rings is 1. The predicted octanol–water partition coefficient (Wildman–Crippen LogP) is 3.51. The summed E-state index contributed by atoms with van der Waals surface area (Å²) in [6, 6.07) is 8.60. The van der Waals surface area contributed by atoms with Gasteiger partial charge in [-0.15, -0.1) is 22.9 Å². The van der Waals surface area contributed by atoms with Gasteiger partial charge < -0.3 is 5.11 Å². The molecular formula is C16H19ClN2OS. The zero-order valence-corrected chi connectivity index (χ0v) is 13.4. The molecule has 1 aromatic carbocycles. The van der Waals surface area contributed by atoms with Crippen LogP contribution in [-0.4, -0.2) is 34.2 Å². The minimum absolute atomic E-state index is 0.107. The molecule has 2 heterocycles. The van der Waals surface area contributed by atoms with Crippen molar-refractivity contribution < 1.29 is 5.11 Å². The van der Waals surface area contributed by atoms with Crippen LogP contribution in [0, 0.1) is 0 Å². The molecule has 0 bridgehead atoms. The quantitative estimate of drug-likeness (QED) is 0.875. The summed E-state index contributed by atoms with van der Waals surface area (Å²) in [6.45, 7) is 2.92. The highest BCUT2D eigenvalue weighted by molar-refractivity contribution is 7.13. The highest BCUT2D eigenvalue weighted by atomic mass is 35.5. The lowest BCUT2D eigenvalue weighted by atomic mass is 10.1. The third-order valence-corrected chi connectivity index (χ3v) is 5.07. The Bertz CT molecular complexity index is 576. The molecule has 0 spiro atoms. The van der Waals surface area contributed by atoms with Crippen molar-refractivity contribution in [2.75, 3.05) is 13.1 Å². The van der Waals surface area contributed by atoms with Gasteiger partial charge >= 0.3 is 0 Å². The van der Waals surface area contributed by atoms with Gasteiger partial charge in [-0.05, 0) is 18.4 Å². The smallest absolute Gasteiger partial charge is 0.123 e. The number of aliphatic hydroxyl groups excluding tert-OH is 1. The lowest BCUT2D eigenvalue weighted by Crippen LogP contribution is -2.35. The van der Waals surface area contributed by atoms with Crippen LogP contribution < -0.4 is 0 Å². The van der Waals surface area contributed by atoms with Crippen molar-refractivity contribution >= 4 is 22.9 Å². The molecule has 1 aliphatic heterocycles. The molecule has 1 fully saturated rings. The Hall–Kier alpha value is -0.940. The first-order valence-electron chi connectivity index (χ1n) is 7.24. The summed E-state index contributed by atoms with van der Waals surface area (Å²) in [4.78, 5) is 6.90. The van der Waals surface area contributed by atoms with Crippen molar-refractivity contribution in [2.24, 2.45) is 0 Å². The molecule has 1 aromatic heterocycles. The van der Waals surface area contributed by atoms with Crippen LogP contribution in [0.3, 0.4) is 0 Å². The van der Waals surface area contributed by atoms with E-state index < -0.39 is 0 Å². The van der Waals surface area contributed by atoms with E-state index in [0.717, 1.165) is 48.7 Å². The first kappa shape index (κ1) is 15.0. The molecule has 21 heavy (non-hydrogen) atoms. The largest absolute Gasteiger partial charge is 0.393 e. The fraction of sp³-hybridized carbons (Fsp3) is 0.438. The van der Waals surface area contributed by atoms with E-state index in [1.54, 1.807) is 11.3 Å². The van der Waals surface area contributed by atoms with Gasteiger partial charge in [-0.25, -0.2) is 4.98 Å². The van der Waals surface area contributed by atoms with Crippen molar-refractivity contribution in [1.82, 2.24) is 9.88 Å². The van der Waals surface area contributed by atoms with Gasteiger partial charge in [0, 0.05) is 30.6 Å². The van der Waals surface area contributed by atoms with Crippen LogP contribution in [0.25, 0.3) is 10.6 Å². The fourth-order valence-corrected chi connectivity index (χ4v) is 3.64. The van der Waals surface area contributed by atoms with Gasteiger partial charge in [-0.1, -0.05) is 24.3 Å². The van der Waals surface area contributed by atoms with Crippen LogP contribution in [0.15, 0.2) is 29.6 Å². The minimum atomic E-state index is -0.107. The first-order valence-corrected chi connectivity index (χ1v) is 8.66. The minimum Gasteiger partial charge on any atom is -0.393 e. The second kappa shape index (κ2) is 6.88. The summed E-state index contributed by atoms with van der Waals surface area (Å²) in [6.07, 6.45) is 1.67. The number of hydrogen-bond donors (Lipinski definition) is 1. The summed E-state index contributed by atoms with van der Waals surface area (Å²) in [7, 11) is 0. The summed E-state index contributed by atoms with van der Waals surface area (Å²) < 4.78 is 0. The van der Waals surface area contributed by atoms with Crippen molar-refractivity contribution in [2.45, 2.75) is 31.4 Å². The van der Waals surface area contributed by atoms with Gasteiger partial charge in [0.2, 0.25) is 0 Å². The first-order chi connectivity index (χ1) is 10.2. The van der Waals surface area contributed by atoms with E-state index in [2.05, 4.69) is 34.1 Å². The number of halogens is 1. The predicted molar refractivity (Wildman–Crippen MR) is 87.6 cm³/mol. The monoisotopic (exact) mass is 322 g/mol. The number of alkyl halides is 1. The molecule has 5 heteroatoms. The second-order valence-electron chi connectivity index (χ2n) is 5.48. The Kier molecular flexibility index (Phi) is 4.91. The highest BCUT2D eigenvalue weighted by Crippen LogP contribution is 2.25. The maximum absolute atomic E-state index is 9.54. The molecule has 0 radical (unpaired) electrons. The third kappa shape index (κ3) is 3.83. The summed E-state index contributed by atoms with van der Waals surface area (Å²) in [5.74, 6) is 0.468. The maximum atomic E-state index is 9.54. The Labute approximate surface area is 134 Å². The third-order valence-electron chi connectivity index (χ3n) is 3.85. The number of aliphatic hydroxyl groups is 1. The van der Waals surface area contributed by atoms with Gasteiger partial charge in [0.1, 0.15) is 5.01 Å². The number of nitrogens with zero attached hydrogens (tertiary/aromatic N) is 2. The van der Waals surface area contributed by atoms with E-state index in [9.17, 15) is 5.11 Å². The topological polar surface area (TPSA) is 36.4 Å². The number of thiazole rings is 1. The molecule has 0 unspecified atom stereocenters. The molecule has 3 rings (SSSR count). The van der Waals surface area contributed by atoms with Crippen molar-refractivity contribution in [1.29, 1.82) is 0 Å².